The minimum Gasteiger partial charge on any atom is -0.295 e. The van der Waals surface area contributed by atoms with Crippen LogP contribution >= 0.6 is 22.6 Å². The highest BCUT2D eigenvalue weighted by Gasteiger charge is 2.15. The molecule has 0 unspecified atom stereocenters. The highest BCUT2D eigenvalue weighted by Crippen LogP contribution is 2.27. The average Bonchev–Trinajstić information content (AvgIpc) is 1.98. The summed E-state index contributed by atoms with van der Waals surface area (Å²) in [5.74, 6) is 0.328. The van der Waals surface area contributed by atoms with Crippen LogP contribution in [0.5, 0.6) is 0 Å². The summed E-state index contributed by atoms with van der Waals surface area (Å²) >= 11 is 2.23. The molecule has 0 N–H and O–H groups in total. The third kappa shape index (κ3) is 0.940. The van der Waals surface area contributed by atoms with Gasteiger partial charge in [-0.2, -0.15) is 0 Å². The lowest BCUT2D eigenvalue weighted by Gasteiger charge is -1.84. The summed E-state index contributed by atoms with van der Waals surface area (Å²) in [4.78, 5) is 10.7. The summed E-state index contributed by atoms with van der Waals surface area (Å²) in [7, 11) is 0. The molecule has 1 rings (SSSR count). The van der Waals surface area contributed by atoms with Gasteiger partial charge >= 0.3 is 0 Å². The Hall–Kier alpha value is 0.140. The van der Waals surface area contributed by atoms with Crippen LogP contribution in [0.2, 0.25) is 0 Å². The Morgan fingerprint density at radius 2 is 2.12 bits per heavy atom. The number of ketones is 1. The third-order valence-corrected chi connectivity index (χ3v) is 2.75. The van der Waals surface area contributed by atoms with Crippen molar-refractivity contribution in [3.63, 3.8) is 0 Å². The Kier molecular flexibility index (Phi) is 1.70. The minimum absolute atomic E-state index is 0.328. The Labute approximate surface area is 62.3 Å². The summed E-state index contributed by atoms with van der Waals surface area (Å²) in [6.07, 6.45) is 1.72. The second-order valence-electron chi connectivity index (χ2n) is 1.95. The van der Waals surface area contributed by atoms with Crippen molar-refractivity contribution in [3.05, 3.63) is 9.15 Å². The van der Waals surface area contributed by atoms with Crippen LogP contribution in [0.3, 0.4) is 0 Å². The smallest absolute Gasteiger partial charge is 0.159 e. The van der Waals surface area contributed by atoms with Gasteiger partial charge in [-0.3, -0.25) is 4.79 Å². The summed E-state index contributed by atoms with van der Waals surface area (Å²) in [5.41, 5.74) is 0.977. The number of hydrogen-bond donors (Lipinski definition) is 0. The van der Waals surface area contributed by atoms with E-state index in [1.807, 2.05) is 6.92 Å². The number of carbonyl (C=O) groups is 1. The molecule has 0 radical (unpaired) electrons. The molecule has 0 aliphatic heterocycles. The first-order chi connectivity index (χ1) is 3.72. The molecule has 0 fully saturated rings. The zero-order valence-electron chi connectivity index (χ0n) is 4.70. The maximum Gasteiger partial charge on any atom is 0.159 e. The number of rotatable bonds is 0. The van der Waals surface area contributed by atoms with Gasteiger partial charge in [0.1, 0.15) is 0 Å². The molecule has 0 atom stereocenters. The molecular weight excluding hydrogens is 215 g/mol. The van der Waals surface area contributed by atoms with Crippen molar-refractivity contribution in [3.8, 4) is 0 Å². The molecule has 0 aromatic heterocycles. The standard InChI is InChI=1S/C6H7IO/c1-4-5(7)2-3-6(4)8/h2-3H2,1H3. The Morgan fingerprint density at radius 1 is 1.50 bits per heavy atom. The highest BCUT2D eigenvalue weighted by molar-refractivity contribution is 14.1. The topological polar surface area (TPSA) is 17.1 Å². The minimum atomic E-state index is 0.328. The van der Waals surface area contributed by atoms with Crippen LogP contribution in [-0.4, -0.2) is 5.78 Å². The summed E-state index contributed by atoms with van der Waals surface area (Å²) in [6, 6.07) is 0. The van der Waals surface area contributed by atoms with Crippen LogP contribution in [0.4, 0.5) is 0 Å². The average molecular weight is 222 g/mol. The Balaban J connectivity index is 2.86. The second-order valence-corrected chi connectivity index (χ2v) is 3.26. The molecule has 8 heavy (non-hydrogen) atoms. The van der Waals surface area contributed by atoms with Gasteiger partial charge in [0, 0.05) is 12.0 Å². The summed E-state index contributed by atoms with van der Waals surface area (Å²) < 4.78 is 1.24. The van der Waals surface area contributed by atoms with Gasteiger partial charge in [0.25, 0.3) is 0 Å². The molecular formula is C6H7IO. The van der Waals surface area contributed by atoms with Gasteiger partial charge in [-0.25, -0.2) is 0 Å². The van der Waals surface area contributed by atoms with Crippen LogP contribution in [-0.2, 0) is 4.79 Å². The molecule has 1 aliphatic carbocycles. The van der Waals surface area contributed by atoms with E-state index in [-0.39, 0.29) is 0 Å². The summed E-state index contributed by atoms with van der Waals surface area (Å²) in [6.45, 7) is 1.90. The number of halogens is 1. The Morgan fingerprint density at radius 3 is 2.25 bits per heavy atom. The van der Waals surface area contributed by atoms with E-state index in [2.05, 4.69) is 22.6 Å². The molecule has 0 saturated heterocycles. The monoisotopic (exact) mass is 222 g/mol. The molecule has 0 saturated carbocycles. The fourth-order valence-corrected chi connectivity index (χ4v) is 1.32. The molecule has 1 nitrogen and oxygen atoms in total. The lowest BCUT2D eigenvalue weighted by Crippen LogP contribution is -1.89. The second kappa shape index (κ2) is 2.17. The highest BCUT2D eigenvalue weighted by atomic mass is 127. The number of allylic oxidation sites excluding steroid dienone is 2. The van der Waals surface area contributed by atoms with Crippen molar-refractivity contribution in [2.45, 2.75) is 19.8 Å². The van der Waals surface area contributed by atoms with Crippen LogP contribution in [0, 0.1) is 0 Å². The number of Topliss-reactive ketones (excluding diaryl/α,β-unsaturated/α-hetero) is 1. The van der Waals surface area contributed by atoms with Gasteiger partial charge in [0.15, 0.2) is 5.78 Å². The number of hydrogen-bond acceptors (Lipinski definition) is 1. The molecule has 0 bridgehead atoms. The quantitative estimate of drug-likeness (QED) is 0.573. The van der Waals surface area contributed by atoms with E-state index in [4.69, 9.17) is 0 Å². The summed E-state index contributed by atoms with van der Waals surface area (Å²) in [5, 5.41) is 0. The van der Waals surface area contributed by atoms with Gasteiger partial charge in [0.2, 0.25) is 0 Å². The molecule has 44 valence electrons. The predicted octanol–water partition coefficient (Wildman–Crippen LogP) is 2.06. The largest absolute Gasteiger partial charge is 0.295 e. The van der Waals surface area contributed by atoms with Gasteiger partial charge in [-0.05, 0) is 39.5 Å². The molecule has 0 aromatic rings. The van der Waals surface area contributed by atoms with Crippen LogP contribution < -0.4 is 0 Å². The Bertz CT molecular complexity index is 158. The van der Waals surface area contributed by atoms with Gasteiger partial charge in [-0.1, -0.05) is 0 Å². The van der Waals surface area contributed by atoms with Crippen molar-refractivity contribution < 1.29 is 4.79 Å². The molecule has 1 aliphatic rings. The first-order valence-corrected chi connectivity index (χ1v) is 3.68. The van der Waals surface area contributed by atoms with Crippen molar-refractivity contribution in [1.82, 2.24) is 0 Å². The van der Waals surface area contributed by atoms with Crippen LogP contribution in [0.15, 0.2) is 9.15 Å². The molecule has 2 heteroatoms. The predicted molar refractivity (Wildman–Crippen MR) is 41.0 cm³/mol. The third-order valence-electron chi connectivity index (χ3n) is 1.40. The first kappa shape index (κ1) is 6.26. The van der Waals surface area contributed by atoms with Crippen molar-refractivity contribution in [1.29, 1.82) is 0 Å². The molecule has 0 amide bonds. The van der Waals surface area contributed by atoms with Gasteiger partial charge < -0.3 is 0 Å². The van der Waals surface area contributed by atoms with E-state index in [0.29, 0.717) is 5.78 Å². The molecule has 0 aromatic carbocycles. The van der Waals surface area contributed by atoms with Gasteiger partial charge in [-0.15, -0.1) is 0 Å². The molecule has 0 heterocycles. The van der Waals surface area contributed by atoms with E-state index < -0.39 is 0 Å². The maximum atomic E-state index is 10.7. The zero-order valence-corrected chi connectivity index (χ0v) is 6.86. The van der Waals surface area contributed by atoms with Crippen molar-refractivity contribution in [2.75, 3.05) is 0 Å². The van der Waals surface area contributed by atoms with Crippen LogP contribution in [0.25, 0.3) is 0 Å². The zero-order chi connectivity index (χ0) is 6.15. The van der Waals surface area contributed by atoms with E-state index >= 15 is 0 Å². The van der Waals surface area contributed by atoms with E-state index in [9.17, 15) is 4.79 Å². The number of carbonyl (C=O) groups excluding carboxylic acids is 1. The van der Waals surface area contributed by atoms with E-state index in [1.165, 1.54) is 3.58 Å². The lowest BCUT2D eigenvalue weighted by atomic mass is 10.2. The fourth-order valence-electron chi connectivity index (χ4n) is 0.750. The van der Waals surface area contributed by atoms with Crippen molar-refractivity contribution in [2.24, 2.45) is 0 Å². The maximum absolute atomic E-state index is 10.7. The SMILES string of the molecule is CC1=C(I)CCC1=O. The van der Waals surface area contributed by atoms with E-state index in [1.54, 1.807) is 0 Å². The van der Waals surface area contributed by atoms with E-state index in [0.717, 1.165) is 18.4 Å². The fraction of sp³-hybridized carbons (Fsp3) is 0.500. The first-order valence-electron chi connectivity index (χ1n) is 2.60. The molecule has 0 spiro atoms. The van der Waals surface area contributed by atoms with Crippen molar-refractivity contribution >= 4 is 28.4 Å². The lowest BCUT2D eigenvalue weighted by molar-refractivity contribution is -0.114. The van der Waals surface area contributed by atoms with Crippen LogP contribution in [0.1, 0.15) is 19.8 Å². The van der Waals surface area contributed by atoms with Gasteiger partial charge in [0.05, 0.1) is 0 Å². The normalized spacial score (nSPS) is 20.5.